The van der Waals surface area contributed by atoms with Crippen molar-refractivity contribution < 1.29 is 9.53 Å². The van der Waals surface area contributed by atoms with Crippen molar-refractivity contribution in [2.24, 2.45) is 0 Å². The fourth-order valence-electron chi connectivity index (χ4n) is 2.25. The van der Waals surface area contributed by atoms with E-state index in [-0.39, 0.29) is 12.0 Å². The van der Waals surface area contributed by atoms with Crippen LogP contribution in [0.1, 0.15) is 25.7 Å². The predicted molar refractivity (Wildman–Crippen MR) is 70.9 cm³/mol. The van der Waals surface area contributed by atoms with E-state index in [9.17, 15) is 4.79 Å². The second-order valence-corrected chi connectivity index (χ2v) is 5.29. The smallest absolute Gasteiger partial charge is 0.238 e. The van der Waals surface area contributed by atoms with Crippen LogP contribution in [0.2, 0.25) is 0 Å². The van der Waals surface area contributed by atoms with Gasteiger partial charge in [0.1, 0.15) is 0 Å². The quantitative estimate of drug-likeness (QED) is 0.795. The maximum Gasteiger partial charge on any atom is 0.238 e. The molecule has 1 unspecified atom stereocenters. The van der Waals surface area contributed by atoms with Gasteiger partial charge in [-0.2, -0.15) is 5.10 Å². The minimum absolute atomic E-state index is 0.0106. The molecule has 1 saturated carbocycles. The summed E-state index contributed by atoms with van der Waals surface area (Å²) in [5, 5.41) is 10.3. The van der Waals surface area contributed by atoms with Gasteiger partial charge in [0.2, 0.25) is 5.91 Å². The summed E-state index contributed by atoms with van der Waals surface area (Å²) < 4.78 is 7.39. The lowest BCUT2D eigenvalue weighted by atomic mass is 10.2. The van der Waals surface area contributed by atoms with Gasteiger partial charge in [-0.25, -0.2) is 0 Å². The Morgan fingerprint density at radius 1 is 1.47 bits per heavy atom. The Bertz CT molecular complexity index is 436. The lowest BCUT2D eigenvalue weighted by Gasteiger charge is -2.08. The van der Waals surface area contributed by atoms with Crippen molar-refractivity contribution in [3.8, 4) is 0 Å². The van der Waals surface area contributed by atoms with Crippen LogP contribution in [0.3, 0.4) is 0 Å². The molecule has 2 fully saturated rings. The zero-order valence-corrected chi connectivity index (χ0v) is 11.0. The number of rotatable bonds is 6. The van der Waals surface area contributed by atoms with Crippen molar-refractivity contribution in [3.63, 3.8) is 0 Å². The number of nitrogens with one attached hydrogen (secondary N) is 2. The Labute approximate surface area is 112 Å². The van der Waals surface area contributed by atoms with Crippen LogP contribution in [0.4, 0.5) is 5.69 Å². The van der Waals surface area contributed by atoms with Crippen LogP contribution in [0.25, 0.3) is 0 Å². The van der Waals surface area contributed by atoms with Gasteiger partial charge in [0, 0.05) is 18.8 Å². The van der Waals surface area contributed by atoms with Crippen molar-refractivity contribution in [1.82, 2.24) is 15.1 Å². The van der Waals surface area contributed by atoms with Gasteiger partial charge in [0.25, 0.3) is 0 Å². The summed E-state index contributed by atoms with van der Waals surface area (Å²) in [5.41, 5.74) is 0.751. The van der Waals surface area contributed by atoms with Crippen LogP contribution < -0.4 is 10.6 Å². The predicted octanol–water partition coefficient (Wildman–Crippen LogP) is 0.753. The van der Waals surface area contributed by atoms with Gasteiger partial charge in [-0.15, -0.1) is 0 Å². The first-order chi connectivity index (χ1) is 9.29. The van der Waals surface area contributed by atoms with E-state index < -0.39 is 0 Å². The molecule has 104 valence electrons. The van der Waals surface area contributed by atoms with Gasteiger partial charge in [0.05, 0.1) is 31.1 Å². The first kappa shape index (κ1) is 12.6. The molecular formula is C13H20N4O2. The summed E-state index contributed by atoms with van der Waals surface area (Å²) in [6, 6.07) is 0.549. The van der Waals surface area contributed by atoms with Crippen molar-refractivity contribution in [2.75, 3.05) is 18.5 Å². The number of carbonyl (C=O) groups excluding carboxylic acids is 1. The molecule has 1 aliphatic carbocycles. The highest BCUT2D eigenvalue weighted by atomic mass is 16.5. The highest BCUT2D eigenvalue weighted by Crippen LogP contribution is 2.18. The summed E-state index contributed by atoms with van der Waals surface area (Å²) >= 11 is 0. The minimum Gasteiger partial charge on any atom is -0.376 e. The highest BCUT2D eigenvalue weighted by Gasteiger charge is 2.21. The third-order valence-electron chi connectivity index (χ3n) is 3.46. The summed E-state index contributed by atoms with van der Waals surface area (Å²) in [7, 11) is 0. The molecule has 1 saturated heterocycles. The molecule has 0 bridgehead atoms. The molecule has 2 heterocycles. The minimum atomic E-state index is -0.0106. The van der Waals surface area contributed by atoms with E-state index in [0.29, 0.717) is 12.6 Å². The number of hydrogen-bond donors (Lipinski definition) is 2. The van der Waals surface area contributed by atoms with Crippen LogP contribution in [-0.2, 0) is 16.1 Å². The average Bonchev–Trinajstić information content (AvgIpc) is 2.90. The van der Waals surface area contributed by atoms with Crippen molar-refractivity contribution >= 4 is 11.6 Å². The molecule has 0 radical (unpaired) electrons. The van der Waals surface area contributed by atoms with E-state index in [1.54, 1.807) is 6.20 Å². The number of nitrogens with zero attached hydrogens (tertiary/aromatic N) is 2. The lowest BCUT2D eigenvalue weighted by Crippen LogP contribution is -2.29. The third-order valence-corrected chi connectivity index (χ3v) is 3.46. The van der Waals surface area contributed by atoms with Gasteiger partial charge in [-0.3, -0.25) is 9.48 Å². The number of anilines is 1. The zero-order valence-electron chi connectivity index (χ0n) is 11.0. The number of carbonyl (C=O) groups is 1. The van der Waals surface area contributed by atoms with E-state index in [1.165, 1.54) is 12.8 Å². The normalized spacial score (nSPS) is 22.6. The summed E-state index contributed by atoms with van der Waals surface area (Å²) in [4.78, 5) is 11.7. The molecule has 2 N–H and O–H groups in total. The van der Waals surface area contributed by atoms with Gasteiger partial charge in [0.15, 0.2) is 0 Å². The van der Waals surface area contributed by atoms with Crippen LogP contribution in [0.15, 0.2) is 12.4 Å². The largest absolute Gasteiger partial charge is 0.376 e. The molecular weight excluding hydrogens is 244 g/mol. The Hall–Kier alpha value is -1.40. The molecule has 1 aliphatic heterocycles. The molecule has 0 aromatic carbocycles. The number of ether oxygens (including phenoxy) is 1. The first-order valence-electron chi connectivity index (χ1n) is 6.97. The molecule has 1 aromatic heterocycles. The monoisotopic (exact) mass is 264 g/mol. The molecule has 3 rings (SSSR count). The van der Waals surface area contributed by atoms with E-state index in [4.69, 9.17) is 4.74 Å². The van der Waals surface area contributed by atoms with Crippen molar-refractivity contribution in [3.05, 3.63) is 12.4 Å². The molecule has 1 atom stereocenters. The highest BCUT2D eigenvalue weighted by molar-refractivity contribution is 5.91. The van der Waals surface area contributed by atoms with Crippen LogP contribution in [-0.4, -0.2) is 41.0 Å². The summed E-state index contributed by atoms with van der Waals surface area (Å²) in [6.45, 7) is 1.99. The standard InChI is InChI=1S/C13H20N4O2/c18-13(7-14-10-3-4-10)16-11-6-15-17(8-11)9-12-2-1-5-19-12/h6,8,10,12,14H,1-5,7,9H2,(H,16,18). The second-order valence-electron chi connectivity index (χ2n) is 5.29. The molecule has 6 nitrogen and oxygen atoms in total. The van der Waals surface area contributed by atoms with E-state index in [1.807, 2.05) is 10.9 Å². The molecule has 1 amide bonds. The van der Waals surface area contributed by atoms with Crippen LogP contribution in [0, 0.1) is 0 Å². The fraction of sp³-hybridized carbons (Fsp3) is 0.692. The Balaban J connectivity index is 1.45. The molecule has 19 heavy (non-hydrogen) atoms. The van der Waals surface area contributed by atoms with E-state index >= 15 is 0 Å². The molecule has 2 aliphatic rings. The van der Waals surface area contributed by atoms with Crippen LogP contribution >= 0.6 is 0 Å². The maximum absolute atomic E-state index is 11.7. The Kier molecular flexibility index (Phi) is 3.79. The van der Waals surface area contributed by atoms with Crippen molar-refractivity contribution in [1.29, 1.82) is 0 Å². The Morgan fingerprint density at radius 3 is 3.11 bits per heavy atom. The lowest BCUT2D eigenvalue weighted by molar-refractivity contribution is -0.115. The van der Waals surface area contributed by atoms with E-state index in [0.717, 1.165) is 31.7 Å². The maximum atomic E-state index is 11.7. The SMILES string of the molecule is O=C(CNC1CC1)Nc1cnn(CC2CCCO2)c1. The summed E-state index contributed by atoms with van der Waals surface area (Å²) in [6.07, 6.45) is 8.40. The fourth-order valence-corrected chi connectivity index (χ4v) is 2.25. The number of amides is 1. The molecule has 6 heteroatoms. The van der Waals surface area contributed by atoms with Crippen LogP contribution in [0.5, 0.6) is 0 Å². The topological polar surface area (TPSA) is 68.2 Å². The van der Waals surface area contributed by atoms with Gasteiger partial charge in [-0.1, -0.05) is 0 Å². The third kappa shape index (κ3) is 3.78. The van der Waals surface area contributed by atoms with Gasteiger partial charge in [-0.05, 0) is 25.7 Å². The van der Waals surface area contributed by atoms with Crippen molar-refractivity contribution in [2.45, 2.75) is 44.4 Å². The van der Waals surface area contributed by atoms with Gasteiger partial charge < -0.3 is 15.4 Å². The Morgan fingerprint density at radius 2 is 2.37 bits per heavy atom. The molecule has 0 spiro atoms. The summed E-state index contributed by atoms with van der Waals surface area (Å²) in [5.74, 6) is -0.0106. The number of aromatic nitrogens is 2. The zero-order chi connectivity index (χ0) is 13.1. The first-order valence-corrected chi connectivity index (χ1v) is 6.97. The second kappa shape index (κ2) is 5.71. The molecule has 1 aromatic rings. The number of hydrogen-bond acceptors (Lipinski definition) is 4. The van der Waals surface area contributed by atoms with E-state index in [2.05, 4.69) is 15.7 Å². The van der Waals surface area contributed by atoms with Gasteiger partial charge >= 0.3 is 0 Å². The average molecular weight is 264 g/mol.